The molecule has 0 bridgehead atoms. The Hall–Kier alpha value is -1.41. The van der Waals surface area contributed by atoms with Crippen LogP contribution in [0.2, 0.25) is 0 Å². The summed E-state index contributed by atoms with van der Waals surface area (Å²) in [6.07, 6.45) is 1.64. The summed E-state index contributed by atoms with van der Waals surface area (Å²) in [6, 6.07) is 1.27. The van der Waals surface area contributed by atoms with Crippen LogP contribution in [-0.2, 0) is 16.3 Å². The molecular weight excluding hydrogens is 318 g/mol. The van der Waals surface area contributed by atoms with Crippen molar-refractivity contribution in [3.8, 4) is 0 Å². The molecule has 3 heterocycles. The van der Waals surface area contributed by atoms with Crippen LogP contribution in [0.4, 0.5) is 0 Å². The lowest BCUT2D eigenvalue weighted by molar-refractivity contribution is 0.0325. The highest BCUT2D eigenvalue weighted by Gasteiger charge is 2.48. The second-order valence-electron chi connectivity index (χ2n) is 6.28. The molecule has 0 unspecified atom stereocenters. The van der Waals surface area contributed by atoms with Gasteiger partial charge in [-0.1, -0.05) is 19.0 Å². The Bertz CT molecular complexity index is 685. The minimum atomic E-state index is -3.11. The Labute approximate surface area is 136 Å². The monoisotopic (exact) mass is 341 g/mol. The van der Waals surface area contributed by atoms with Gasteiger partial charge in [-0.2, -0.15) is 0 Å². The maximum absolute atomic E-state index is 12.7. The second-order valence-corrected chi connectivity index (χ2v) is 8.43. The van der Waals surface area contributed by atoms with E-state index in [1.807, 2.05) is 6.92 Å². The molecule has 1 aromatic heterocycles. The summed E-state index contributed by atoms with van der Waals surface area (Å²) < 4.78 is 29.3. The highest BCUT2D eigenvalue weighted by Crippen LogP contribution is 2.28. The van der Waals surface area contributed by atoms with E-state index < -0.39 is 9.84 Å². The van der Waals surface area contributed by atoms with Crippen LogP contribution in [-0.4, -0.2) is 72.5 Å². The molecule has 3 rings (SSSR count). The molecule has 128 valence electrons. The number of rotatable bonds is 4. The smallest absolute Gasteiger partial charge is 0.276 e. The van der Waals surface area contributed by atoms with Crippen molar-refractivity contribution in [3.63, 3.8) is 0 Å². The van der Waals surface area contributed by atoms with Crippen LogP contribution in [0.5, 0.6) is 0 Å². The molecule has 7 nitrogen and oxygen atoms in total. The van der Waals surface area contributed by atoms with Crippen molar-refractivity contribution in [2.75, 3.05) is 31.1 Å². The standard InChI is InChI=1S/C15H23N3O4S/c1-3-5-17-6-7-18(14-10-23(20,21)9-13(14)17)15(19)12-8-11(4-2)22-16-12/h8,13-14H,3-7,9-10H2,1-2H3/t13-,14+/m0/s1. The van der Waals surface area contributed by atoms with Crippen LogP contribution < -0.4 is 0 Å². The molecule has 0 radical (unpaired) electrons. The van der Waals surface area contributed by atoms with E-state index in [4.69, 9.17) is 4.52 Å². The van der Waals surface area contributed by atoms with E-state index in [2.05, 4.69) is 17.0 Å². The molecule has 1 amide bonds. The van der Waals surface area contributed by atoms with Crippen molar-refractivity contribution in [2.45, 2.75) is 38.8 Å². The molecule has 1 aromatic rings. The predicted octanol–water partition coefficient (Wildman–Crippen LogP) is 0.570. The highest BCUT2D eigenvalue weighted by molar-refractivity contribution is 7.91. The van der Waals surface area contributed by atoms with E-state index in [0.29, 0.717) is 25.3 Å². The topological polar surface area (TPSA) is 83.7 Å². The van der Waals surface area contributed by atoms with Gasteiger partial charge in [-0.15, -0.1) is 0 Å². The van der Waals surface area contributed by atoms with Gasteiger partial charge >= 0.3 is 0 Å². The molecule has 0 N–H and O–H groups in total. The second kappa shape index (κ2) is 6.24. The third kappa shape index (κ3) is 3.14. The van der Waals surface area contributed by atoms with Crippen LogP contribution >= 0.6 is 0 Å². The van der Waals surface area contributed by atoms with Crippen molar-refractivity contribution in [3.05, 3.63) is 17.5 Å². The summed E-state index contributed by atoms with van der Waals surface area (Å²) in [4.78, 5) is 16.6. The molecule has 0 spiro atoms. The van der Waals surface area contributed by atoms with Crippen molar-refractivity contribution < 1.29 is 17.7 Å². The van der Waals surface area contributed by atoms with Crippen molar-refractivity contribution in [1.82, 2.24) is 15.0 Å². The number of sulfone groups is 1. The number of amides is 1. The molecule has 0 aliphatic carbocycles. The fourth-order valence-corrected chi connectivity index (χ4v) is 5.58. The Kier molecular flexibility index (Phi) is 4.46. The van der Waals surface area contributed by atoms with Crippen molar-refractivity contribution in [1.29, 1.82) is 0 Å². The minimum absolute atomic E-state index is 0.0438. The molecule has 0 aromatic carbocycles. The van der Waals surface area contributed by atoms with E-state index in [-0.39, 0.29) is 35.2 Å². The first kappa shape index (κ1) is 16.4. The molecule has 2 fully saturated rings. The number of fused-ring (bicyclic) bond motifs is 1. The summed E-state index contributed by atoms with van der Waals surface area (Å²) in [6.45, 7) is 6.11. The van der Waals surface area contributed by atoms with Gasteiger partial charge in [0.25, 0.3) is 5.91 Å². The molecular formula is C15H23N3O4S. The number of piperazine rings is 1. The minimum Gasteiger partial charge on any atom is -0.361 e. The number of hydrogen-bond acceptors (Lipinski definition) is 6. The lowest BCUT2D eigenvalue weighted by Crippen LogP contribution is -2.60. The molecule has 2 aliphatic heterocycles. The first-order valence-corrected chi connectivity index (χ1v) is 9.98. The fraction of sp³-hybridized carbons (Fsp3) is 0.733. The van der Waals surface area contributed by atoms with E-state index in [0.717, 1.165) is 13.0 Å². The fourth-order valence-electron chi connectivity index (χ4n) is 3.57. The van der Waals surface area contributed by atoms with Crippen molar-refractivity contribution in [2.24, 2.45) is 0 Å². The zero-order valence-corrected chi connectivity index (χ0v) is 14.4. The van der Waals surface area contributed by atoms with Gasteiger partial charge in [-0.05, 0) is 13.0 Å². The molecule has 23 heavy (non-hydrogen) atoms. The Morgan fingerprint density at radius 1 is 1.30 bits per heavy atom. The van der Waals surface area contributed by atoms with Gasteiger partial charge in [0.2, 0.25) is 0 Å². The molecule has 8 heteroatoms. The van der Waals surface area contributed by atoms with Gasteiger partial charge in [0.1, 0.15) is 5.76 Å². The average Bonchev–Trinajstić information content (AvgIpc) is 3.10. The van der Waals surface area contributed by atoms with Gasteiger partial charge in [-0.3, -0.25) is 9.69 Å². The molecule has 2 aliphatic rings. The highest BCUT2D eigenvalue weighted by atomic mass is 32.2. The first-order valence-electron chi connectivity index (χ1n) is 8.16. The molecule has 2 saturated heterocycles. The quantitative estimate of drug-likeness (QED) is 0.796. The van der Waals surface area contributed by atoms with E-state index >= 15 is 0 Å². The number of carbonyl (C=O) groups excluding carboxylic acids is 1. The van der Waals surface area contributed by atoms with Gasteiger partial charge in [-0.25, -0.2) is 8.42 Å². The van der Waals surface area contributed by atoms with Gasteiger partial charge < -0.3 is 9.42 Å². The average molecular weight is 341 g/mol. The van der Waals surface area contributed by atoms with Crippen LogP contribution in [0.1, 0.15) is 36.5 Å². The Morgan fingerprint density at radius 2 is 2.04 bits per heavy atom. The normalized spacial score (nSPS) is 27.1. The largest absolute Gasteiger partial charge is 0.361 e. The summed E-state index contributed by atoms with van der Waals surface area (Å²) in [5.41, 5.74) is 0.272. The van der Waals surface area contributed by atoms with Crippen LogP contribution in [0, 0.1) is 0 Å². The summed E-state index contributed by atoms with van der Waals surface area (Å²) in [7, 11) is -3.11. The summed E-state index contributed by atoms with van der Waals surface area (Å²) in [5, 5.41) is 3.84. The summed E-state index contributed by atoms with van der Waals surface area (Å²) in [5.74, 6) is 0.619. The first-order chi connectivity index (χ1) is 10.9. The number of aromatic nitrogens is 1. The molecule has 0 saturated carbocycles. The SMILES string of the molecule is CCCN1CCN(C(=O)c2cc(CC)on2)[C@@H]2CS(=O)(=O)C[C@@H]21. The van der Waals surface area contributed by atoms with E-state index in [1.54, 1.807) is 11.0 Å². The molecule has 2 atom stereocenters. The number of carbonyl (C=O) groups is 1. The van der Waals surface area contributed by atoms with Crippen LogP contribution in [0.15, 0.2) is 10.6 Å². The van der Waals surface area contributed by atoms with E-state index in [1.165, 1.54) is 0 Å². The predicted molar refractivity (Wildman–Crippen MR) is 85.0 cm³/mol. The number of nitrogens with zero attached hydrogens (tertiary/aromatic N) is 3. The van der Waals surface area contributed by atoms with E-state index in [9.17, 15) is 13.2 Å². The van der Waals surface area contributed by atoms with Crippen molar-refractivity contribution >= 4 is 15.7 Å². The van der Waals surface area contributed by atoms with Gasteiger partial charge in [0.15, 0.2) is 15.5 Å². The van der Waals surface area contributed by atoms with Gasteiger partial charge in [0, 0.05) is 31.6 Å². The number of hydrogen-bond donors (Lipinski definition) is 0. The zero-order chi connectivity index (χ0) is 16.6. The van der Waals surface area contributed by atoms with Gasteiger partial charge in [0.05, 0.1) is 17.5 Å². The maximum atomic E-state index is 12.7. The Morgan fingerprint density at radius 3 is 2.70 bits per heavy atom. The maximum Gasteiger partial charge on any atom is 0.276 e. The van der Waals surface area contributed by atoms with Crippen LogP contribution in [0.25, 0.3) is 0 Å². The zero-order valence-electron chi connectivity index (χ0n) is 13.6. The third-order valence-corrected chi connectivity index (χ3v) is 6.39. The van der Waals surface area contributed by atoms with Crippen LogP contribution in [0.3, 0.4) is 0 Å². The lowest BCUT2D eigenvalue weighted by Gasteiger charge is -2.43. The Balaban J connectivity index is 1.84. The third-order valence-electron chi connectivity index (χ3n) is 4.69. The number of aryl methyl sites for hydroxylation is 1. The lowest BCUT2D eigenvalue weighted by atomic mass is 10.0. The summed E-state index contributed by atoms with van der Waals surface area (Å²) >= 11 is 0.